The van der Waals surface area contributed by atoms with E-state index in [1.54, 1.807) is 11.9 Å². The molecule has 2 rings (SSSR count). The molecule has 1 N–H and O–H groups in total. The summed E-state index contributed by atoms with van der Waals surface area (Å²) in [5.41, 5.74) is 1.49. The Balaban J connectivity index is 2.39. The molecule has 0 saturated heterocycles. The van der Waals surface area contributed by atoms with Gasteiger partial charge >= 0.3 is 168 Å². The molecule has 6 heteroatoms. The van der Waals surface area contributed by atoms with E-state index >= 15 is 0 Å². The van der Waals surface area contributed by atoms with E-state index < -0.39 is 24.0 Å². The third kappa shape index (κ3) is 5.87. The van der Waals surface area contributed by atoms with Gasteiger partial charge in [0.25, 0.3) is 0 Å². The molecule has 0 fully saturated rings. The summed E-state index contributed by atoms with van der Waals surface area (Å²) in [7, 11) is 1.80. The summed E-state index contributed by atoms with van der Waals surface area (Å²) in [6, 6.07) is 6.43. The van der Waals surface area contributed by atoms with Crippen LogP contribution in [0.1, 0.15) is 52.9 Å². The molecule has 1 heterocycles. The zero-order chi connectivity index (χ0) is 20.6. The van der Waals surface area contributed by atoms with Crippen LogP contribution in [0.4, 0.5) is 4.79 Å². The second kappa shape index (κ2) is 8.01. The number of imidazole rings is 1. The number of hydrogen-bond donors (Lipinski definition) is 1. The molecule has 1 amide bonds. The van der Waals surface area contributed by atoms with Crippen LogP contribution in [0.15, 0.2) is 18.2 Å². The number of hydrogen-bond acceptors (Lipinski definition) is 3. The second-order valence-electron chi connectivity index (χ2n) is 9.84. The number of ether oxygens (including phenoxy) is 1. The molecule has 27 heavy (non-hydrogen) atoms. The van der Waals surface area contributed by atoms with Crippen molar-refractivity contribution < 1.29 is 9.53 Å². The van der Waals surface area contributed by atoms with Crippen LogP contribution in [-0.4, -0.2) is 52.0 Å². The van der Waals surface area contributed by atoms with Crippen LogP contribution in [-0.2, 0) is 4.74 Å². The van der Waals surface area contributed by atoms with Gasteiger partial charge in [-0.15, -0.1) is 0 Å². The first-order chi connectivity index (χ1) is 12.3. The predicted molar refractivity (Wildman–Crippen MR) is 115 cm³/mol. The summed E-state index contributed by atoms with van der Waals surface area (Å²) >= 11 is -2.14. The monoisotopic (exact) mass is 481 g/mol. The maximum absolute atomic E-state index is 12.6. The number of nitrogens with zero attached hydrogens (tertiary/aromatic N) is 2. The predicted octanol–water partition coefficient (Wildman–Crippen LogP) is 5.06. The molecule has 5 nitrogen and oxygen atoms in total. The zero-order valence-electron chi connectivity index (χ0n) is 18.3. The van der Waals surface area contributed by atoms with Gasteiger partial charge in [-0.2, -0.15) is 0 Å². The Bertz CT molecular complexity index is 800. The van der Waals surface area contributed by atoms with E-state index in [4.69, 9.17) is 9.72 Å². The van der Waals surface area contributed by atoms with E-state index in [-0.39, 0.29) is 12.1 Å². The summed E-state index contributed by atoms with van der Waals surface area (Å²) in [6.45, 7) is 9.97. The molecule has 1 aromatic heterocycles. The van der Waals surface area contributed by atoms with E-state index in [0.29, 0.717) is 5.92 Å². The first kappa shape index (κ1) is 22.1. The molecule has 1 aromatic carbocycles. The van der Waals surface area contributed by atoms with E-state index in [2.05, 4.69) is 51.8 Å². The number of carbonyl (C=O) groups excluding carboxylic acids is 1. The summed E-state index contributed by atoms with van der Waals surface area (Å²) in [5, 5.41) is 0. The average Bonchev–Trinajstić information content (AvgIpc) is 2.91. The number of H-pyrrole nitrogens is 1. The van der Waals surface area contributed by atoms with Crippen molar-refractivity contribution in [1.29, 1.82) is 0 Å². The summed E-state index contributed by atoms with van der Waals surface area (Å²) in [4.78, 5) is 29.8. The molecule has 0 aliphatic rings. The van der Waals surface area contributed by atoms with Crippen molar-refractivity contribution in [3.05, 3.63) is 24.0 Å². The molecule has 0 spiro atoms. The topological polar surface area (TPSA) is 58.2 Å². The fourth-order valence-corrected chi connectivity index (χ4v) is 6.33. The van der Waals surface area contributed by atoms with Gasteiger partial charge in [-0.1, -0.05) is 0 Å². The quantitative estimate of drug-likeness (QED) is 0.609. The van der Waals surface area contributed by atoms with Crippen LogP contribution >= 0.6 is 0 Å². The van der Waals surface area contributed by atoms with Gasteiger partial charge in [0.2, 0.25) is 0 Å². The van der Waals surface area contributed by atoms with Crippen molar-refractivity contribution in [3.8, 4) is 0 Å². The summed E-state index contributed by atoms with van der Waals surface area (Å²) in [6.07, 6.45) is 0.501. The zero-order valence-corrected chi connectivity index (χ0v) is 21.2. The van der Waals surface area contributed by atoms with Crippen LogP contribution in [0.25, 0.3) is 11.0 Å². The number of aromatic amines is 1. The molecule has 2 aromatic rings. The third-order valence-corrected chi connectivity index (χ3v) is 10.4. The van der Waals surface area contributed by atoms with Crippen molar-refractivity contribution in [2.45, 2.75) is 67.5 Å². The van der Waals surface area contributed by atoms with E-state index in [1.807, 2.05) is 20.8 Å². The Hall–Kier alpha value is -1.24. The number of benzene rings is 1. The maximum atomic E-state index is 12.6. The first-order valence-corrected chi connectivity index (χ1v) is 19.7. The summed E-state index contributed by atoms with van der Waals surface area (Å²) in [5.74, 6) is 1.25. The average molecular weight is 480 g/mol. The molecule has 0 bridgehead atoms. The Morgan fingerprint density at radius 2 is 1.89 bits per heavy atom. The number of nitrogens with one attached hydrogen (secondary N) is 1. The number of rotatable bonds is 5. The standard InChI is InChI=1S/C18H26N3O2.3CH3.Sn/c1-12(2)11-15(21(6)17(22)23-18(3,4)5)16-19-13-9-7-8-10-14(13)20-16;;;;/h7,9-10,12,15H,11H2,1-6H3,(H,19,20);3*1H3;. The van der Waals surface area contributed by atoms with Crippen LogP contribution in [0.5, 0.6) is 0 Å². The second-order valence-corrected chi connectivity index (χ2v) is 24.3. The fraction of sp³-hybridized carbons (Fsp3) is 0.619. The van der Waals surface area contributed by atoms with E-state index in [9.17, 15) is 4.79 Å². The molecular formula is C21H35N3O2Sn. The molecule has 0 aliphatic heterocycles. The van der Waals surface area contributed by atoms with Crippen LogP contribution in [0, 0.1) is 5.92 Å². The number of carbonyl (C=O) groups is 1. The molecule has 0 saturated carbocycles. The number of aromatic nitrogens is 2. The minimum absolute atomic E-state index is 0.145. The normalized spacial score (nSPS) is 13.9. The Morgan fingerprint density at radius 1 is 1.26 bits per heavy atom. The molecule has 150 valence electrons. The Kier molecular flexibility index (Phi) is 6.55. The summed E-state index contributed by atoms with van der Waals surface area (Å²) < 4.78 is 7.04. The van der Waals surface area contributed by atoms with Crippen molar-refractivity contribution in [3.63, 3.8) is 0 Å². The molecule has 1 atom stereocenters. The van der Waals surface area contributed by atoms with Gasteiger partial charge in [-0.3, -0.25) is 0 Å². The Labute approximate surface area is 167 Å². The van der Waals surface area contributed by atoms with E-state index in [1.165, 1.54) is 3.58 Å². The van der Waals surface area contributed by atoms with Crippen molar-refractivity contribution in [2.24, 2.45) is 5.92 Å². The molecular weight excluding hydrogens is 445 g/mol. The van der Waals surface area contributed by atoms with Gasteiger partial charge in [0.1, 0.15) is 0 Å². The fourth-order valence-electron chi connectivity index (χ4n) is 3.01. The van der Waals surface area contributed by atoms with Crippen molar-refractivity contribution in [1.82, 2.24) is 14.9 Å². The van der Waals surface area contributed by atoms with Gasteiger partial charge in [0.15, 0.2) is 0 Å². The molecule has 1 unspecified atom stereocenters. The number of fused-ring (bicyclic) bond motifs is 1. The van der Waals surface area contributed by atoms with Gasteiger partial charge in [-0.05, 0) is 0 Å². The first-order valence-electron chi connectivity index (χ1n) is 9.74. The van der Waals surface area contributed by atoms with Gasteiger partial charge in [-0.25, -0.2) is 0 Å². The van der Waals surface area contributed by atoms with Crippen LogP contribution in [0.3, 0.4) is 0 Å². The SMILES string of the molecule is CC(C)CC(c1nc2cc[c]([Sn]([CH3])([CH3])[CH3])cc2[nH]1)N(C)C(=O)OC(C)(C)C. The van der Waals surface area contributed by atoms with Crippen molar-refractivity contribution in [2.75, 3.05) is 7.05 Å². The third-order valence-electron chi connectivity index (χ3n) is 4.53. The van der Waals surface area contributed by atoms with Gasteiger partial charge in [0.05, 0.1) is 0 Å². The number of amides is 1. The molecule has 0 aliphatic carbocycles. The van der Waals surface area contributed by atoms with Crippen LogP contribution in [0.2, 0.25) is 14.8 Å². The Morgan fingerprint density at radius 3 is 2.41 bits per heavy atom. The minimum atomic E-state index is -2.14. The van der Waals surface area contributed by atoms with Gasteiger partial charge in [0, 0.05) is 0 Å². The van der Waals surface area contributed by atoms with Crippen molar-refractivity contribution >= 4 is 39.1 Å². The van der Waals surface area contributed by atoms with E-state index in [0.717, 1.165) is 23.3 Å². The van der Waals surface area contributed by atoms with Crippen LogP contribution < -0.4 is 3.58 Å². The van der Waals surface area contributed by atoms with Gasteiger partial charge < -0.3 is 0 Å². The molecule has 0 radical (unpaired) electrons.